The van der Waals surface area contributed by atoms with Gasteiger partial charge < -0.3 is 5.32 Å². The van der Waals surface area contributed by atoms with Crippen LogP contribution in [0.3, 0.4) is 0 Å². The van der Waals surface area contributed by atoms with Gasteiger partial charge in [0.15, 0.2) is 0 Å². The molecule has 21 heavy (non-hydrogen) atoms. The van der Waals surface area contributed by atoms with Crippen molar-refractivity contribution in [3.8, 4) is 0 Å². The van der Waals surface area contributed by atoms with E-state index in [0.29, 0.717) is 0 Å². The maximum atomic E-state index is 4.58. The van der Waals surface area contributed by atoms with Crippen LogP contribution in [0.25, 0.3) is 0 Å². The van der Waals surface area contributed by atoms with E-state index in [9.17, 15) is 0 Å². The number of nitrogens with zero attached hydrogens (tertiary/aromatic N) is 3. The number of rotatable bonds is 9. The highest BCUT2D eigenvalue weighted by Gasteiger charge is 2.11. The average molecular weight is 292 g/mol. The van der Waals surface area contributed by atoms with E-state index in [1.807, 2.05) is 20.0 Å². The quantitative estimate of drug-likeness (QED) is 0.753. The van der Waals surface area contributed by atoms with Gasteiger partial charge >= 0.3 is 0 Å². The number of aryl methyl sites for hydroxylation is 1. The summed E-state index contributed by atoms with van der Waals surface area (Å²) in [5, 5.41) is 3.11. The van der Waals surface area contributed by atoms with E-state index in [-0.39, 0.29) is 0 Å². The summed E-state index contributed by atoms with van der Waals surface area (Å²) in [5.74, 6) is 3.30. The van der Waals surface area contributed by atoms with Gasteiger partial charge in [0.1, 0.15) is 11.6 Å². The normalized spacial score (nSPS) is 11.7. The predicted octanol–water partition coefficient (Wildman–Crippen LogP) is 3.72. The monoisotopic (exact) mass is 292 g/mol. The van der Waals surface area contributed by atoms with Crippen molar-refractivity contribution in [3.63, 3.8) is 0 Å². The van der Waals surface area contributed by atoms with E-state index in [4.69, 9.17) is 0 Å². The van der Waals surface area contributed by atoms with Gasteiger partial charge in [0.05, 0.1) is 6.54 Å². The molecular weight excluding hydrogens is 260 g/mol. The van der Waals surface area contributed by atoms with Gasteiger partial charge in [0.25, 0.3) is 0 Å². The number of hydrogen-bond donors (Lipinski definition) is 1. The lowest BCUT2D eigenvalue weighted by atomic mass is 10.1. The zero-order valence-corrected chi connectivity index (χ0v) is 14.6. The molecule has 1 rings (SSSR count). The molecule has 120 valence electrons. The van der Waals surface area contributed by atoms with Crippen LogP contribution >= 0.6 is 0 Å². The van der Waals surface area contributed by atoms with Gasteiger partial charge in [-0.3, -0.25) is 4.90 Å². The molecule has 0 spiro atoms. The van der Waals surface area contributed by atoms with E-state index in [2.05, 4.69) is 47.9 Å². The summed E-state index contributed by atoms with van der Waals surface area (Å²) < 4.78 is 0. The van der Waals surface area contributed by atoms with Gasteiger partial charge in [-0.05, 0) is 44.7 Å². The second-order valence-corrected chi connectivity index (χ2v) is 6.70. The smallest absolute Gasteiger partial charge is 0.144 e. The molecule has 0 unspecified atom stereocenters. The fourth-order valence-corrected chi connectivity index (χ4v) is 2.18. The number of aromatic nitrogens is 2. The van der Waals surface area contributed by atoms with Gasteiger partial charge in [0, 0.05) is 18.8 Å². The summed E-state index contributed by atoms with van der Waals surface area (Å²) >= 11 is 0. The topological polar surface area (TPSA) is 41.1 Å². The lowest BCUT2D eigenvalue weighted by Crippen LogP contribution is -2.28. The molecule has 0 saturated heterocycles. The zero-order valence-electron chi connectivity index (χ0n) is 14.6. The second-order valence-electron chi connectivity index (χ2n) is 6.70. The summed E-state index contributed by atoms with van der Waals surface area (Å²) in [7, 11) is 1.90. The Kier molecular flexibility index (Phi) is 7.65. The molecule has 0 aliphatic heterocycles. The van der Waals surface area contributed by atoms with Gasteiger partial charge in [0.2, 0.25) is 0 Å². The average Bonchev–Trinajstić information content (AvgIpc) is 2.40. The first-order valence-corrected chi connectivity index (χ1v) is 8.15. The van der Waals surface area contributed by atoms with Crippen LogP contribution in [0.5, 0.6) is 0 Å². The van der Waals surface area contributed by atoms with Crippen LogP contribution in [-0.4, -0.2) is 35.0 Å². The highest BCUT2D eigenvalue weighted by atomic mass is 15.2. The van der Waals surface area contributed by atoms with E-state index in [1.165, 1.54) is 12.8 Å². The Bertz CT molecular complexity index is 403. The van der Waals surface area contributed by atoms with Crippen LogP contribution in [-0.2, 0) is 6.54 Å². The van der Waals surface area contributed by atoms with Gasteiger partial charge in [-0.25, -0.2) is 9.97 Å². The molecule has 0 saturated carbocycles. The first kappa shape index (κ1) is 17.9. The first-order valence-electron chi connectivity index (χ1n) is 8.15. The maximum absolute atomic E-state index is 4.58. The molecule has 0 atom stereocenters. The maximum Gasteiger partial charge on any atom is 0.144 e. The van der Waals surface area contributed by atoms with Gasteiger partial charge in [-0.1, -0.05) is 27.7 Å². The number of hydrogen-bond acceptors (Lipinski definition) is 4. The third-order valence-electron chi connectivity index (χ3n) is 3.57. The van der Waals surface area contributed by atoms with E-state index in [0.717, 1.165) is 48.8 Å². The third kappa shape index (κ3) is 7.42. The largest absolute Gasteiger partial charge is 0.373 e. The van der Waals surface area contributed by atoms with Crippen LogP contribution in [0.15, 0.2) is 6.07 Å². The third-order valence-corrected chi connectivity index (χ3v) is 3.57. The fraction of sp³-hybridized carbons (Fsp3) is 0.765. The minimum atomic E-state index is 0.734. The summed E-state index contributed by atoms with van der Waals surface area (Å²) in [5.41, 5.74) is 1.03. The molecule has 1 aromatic heterocycles. The Morgan fingerprint density at radius 3 is 2.10 bits per heavy atom. The lowest BCUT2D eigenvalue weighted by molar-refractivity contribution is 0.230. The molecule has 0 aromatic carbocycles. The molecule has 1 N–H and O–H groups in total. The van der Waals surface area contributed by atoms with E-state index >= 15 is 0 Å². The van der Waals surface area contributed by atoms with Crippen molar-refractivity contribution < 1.29 is 0 Å². The summed E-state index contributed by atoms with van der Waals surface area (Å²) in [4.78, 5) is 11.7. The van der Waals surface area contributed by atoms with Gasteiger partial charge in [-0.15, -0.1) is 0 Å². The molecule has 4 nitrogen and oxygen atoms in total. The zero-order chi connectivity index (χ0) is 15.8. The van der Waals surface area contributed by atoms with Crippen molar-refractivity contribution in [2.24, 2.45) is 11.8 Å². The Morgan fingerprint density at radius 2 is 1.62 bits per heavy atom. The lowest BCUT2D eigenvalue weighted by Gasteiger charge is -2.23. The van der Waals surface area contributed by atoms with E-state index < -0.39 is 0 Å². The Hall–Kier alpha value is -1.16. The summed E-state index contributed by atoms with van der Waals surface area (Å²) in [6.45, 7) is 14.2. The fourth-order valence-electron chi connectivity index (χ4n) is 2.18. The Balaban J connectivity index is 2.71. The highest BCUT2D eigenvalue weighted by molar-refractivity contribution is 5.34. The molecular formula is C17H32N4. The predicted molar refractivity (Wildman–Crippen MR) is 90.5 cm³/mol. The molecule has 0 fully saturated rings. The molecule has 1 heterocycles. The van der Waals surface area contributed by atoms with Crippen molar-refractivity contribution in [3.05, 3.63) is 17.6 Å². The number of nitrogens with one attached hydrogen (secondary N) is 1. The summed E-state index contributed by atoms with van der Waals surface area (Å²) in [6, 6.07) is 1.98. The molecule has 1 aromatic rings. The minimum Gasteiger partial charge on any atom is -0.373 e. The minimum absolute atomic E-state index is 0.734. The Labute approximate surface area is 130 Å². The van der Waals surface area contributed by atoms with Crippen molar-refractivity contribution in [2.45, 2.75) is 54.0 Å². The SMILES string of the molecule is CNc1cc(C)nc(CN(CCC(C)C)CCC(C)C)n1. The van der Waals surface area contributed by atoms with E-state index in [1.54, 1.807) is 0 Å². The van der Waals surface area contributed by atoms with Crippen molar-refractivity contribution >= 4 is 5.82 Å². The number of anilines is 1. The molecule has 0 amide bonds. The highest BCUT2D eigenvalue weighted by Crippen LogP contribution is 2.11. The van der Waals surface area contributed by atoms with Crippen molar-refractivity contribution in [1.82, 2.24) is 14.9 Å². The van der Waals surface area contributed by atoms with Crippen LogP contribution in [0, 0.1) is 18.8 Å². The van der Waals surface area contributed by atoms with Crippen LogP contribution in [0.1, 0.15) is 52.1 Å². The van der Waals surface area contributed by atoms with Crippen molar-refractivity contribution in [2.75, 3.05) is 25.5 Å². The Morgan fingerprint density at radius 1 is 1.05 bits per heavy atom. The molecule has 0 aliphatic carbocycles. The summed E-state index contributed by atoms with van der Waals surface area (Å²) in [6.07, 6.45) is 2.45. The first-order chi connectivity index (χ1) is 9.90. The van der Waals surface area contributed by atoms with Gasteiger partial charge in [-0.2, -0.15) is 0 Å². The molecule has 0 aliphatic rings. The van der Waals surface area contributed by atoms with Crippen molar-refractivity contribution in [1.29, 1.82) is 0 Å². The molecule has 0 radical (unpaired) electrons. The molecule has 0 bridgehead atoms. The van der Waals surface area contributed by atoms with Crippen LogP contribution in [0.4, 0.5) is 5.82 Å². The van der Waals surface area contributed by atoms with Crippen LogP contribution in [0.2, 0.25) is 0 Å². The molecule has 4 heteroatoms. The second kappa shape index (κ2) is 8.98. The standard InChI is InChI=1S/C17H32N4/c1-13(2)7-9-21(10-8-14(3)4)12-17-19-15(5)11-16(18-6)20-17/h11,13-14H,7-10,12H2,1-6H3,(H,18,19,20). The van der Waals surface area contributed by atoms with Crippen LogP contribution < -0.4 is 5.32 Å².